The van der Waals surface area contributed by atoms with Crippen LogP contribution >= 0.6 is 0 Å². The molecule has 5 nitrogen and oxygen atoms in total. The van der Waals surface area contributed by atoms with E-state index in [-0.39, 0.29) is 0 Å². The second-order valence-corrected chi connectivity index (χ2v) is 2.88. The summed E-state index contributed by atoms with van der Waals surface area (Å²) in [5, 5.41) is 0. The zero-order valence-corrected chi connectivity index (χ0v) is 7.41. The molecule has 0 unspecified atom stereocenters. The number of nitrogens with two attached hydrogens (primary N) is 1. The number of imidazole rings is 1. The predicted octanol–water partition coefficient (Wildman–Crippen LogP) is 0.888. The SMILES string of the molecule is CCCc1nc(N)nc2nc[nH]c12. The highest BCUT2D eigenvalue weighted by molar-refractivity contribution is 5.73. The molecule has 2 aromatic rings. The van der Waals surface area contributed by atoms with Gasteiger partial charge in [0, 0.05) is 0 Å². The van der Waals surface area contributed by atoms with E-state index in [9.17, 15) is 0 Å². The van der Waals surface area contributed by atoms with Crippen molar-refractivity contribution in [2.24, 2.45) is 0 Å². The Hall–Kier alpha value is -1.65. The van der Waals surface area contributed by atoms with Crippen molar-refractivity contribution in [1.29, 1.82) is 0 Å². The molecule has 0 saturated heterocycles. The fourth-order valence-corrected chi connectivity index (χ4v) is 1.33. The van der Waals surface area contributed by atoms with Gasteiger partial charge in [-0.3, -0.25) is 0 Å². The summed E-state index contributed by atoms with van der Waals surface area (Å²) in [5.41, 5.74) is 8.03. The number of aromatic amines is 1. The molecule has 3 N–H and O–H groups in total. The first-order valence-corrected chi connectivity index (χ1v) is 4.26. The number of nitrogens with zero attached hydrogens (tertiary/aromatic N) is 3. The van der Waals surface area contributed by atoms with Crippen LogP contribution in [0.4, 0.5) is 5.95 Å². The lowest BCUT2D eigenvalue weighted by atomic mass is 10.2. The van der Waals surface area contributed by atoms with Crippen molar-refractivity contribution in [1.82, 2.24) is 19.9 Å². The number of fused-ring (bicyclic) bond motifs is 1. The Morgan fingerprint density at radius 3 is 3.08 bits per heavy atom. The van der Waals surface area contributed by atoms with Crippen LogP contribution in [0, 0.1) is 0 Å². The average Bonchev–Trinajstić information content (AvgIpc) is 2.52. The van der Waals surface area contributed by atoms with Gasteiger partial charge in [0.25, 0.3) is 0 Å². The molecular formula is C8H11N5. The first kappa shape index (κ1) is 7.97. The number of hydrogen-bond acceptors (Lipinski definition) is 4. The molecule has 0 saturated carbocycles. The van der Waals surface area contributed by atoms with Gasteiger partial charge in [0.15, 0.2) is 5.65 Å². The summed E-state index contributed by atoms with van der Waals surface area (Å²) < 4.78 is 0. The fraction of sp³-hybridized carbons (Fsp3) is 0.375. The zero-order chi connectivity index (χ0) is 9.26. The van der Waals surface area contributed by atoms with Gasteiger partial charge in [0.2, 0.25) is 5.95 Å². The standard InChI is InChI=1S/C8H11N5/c1-2-3-5-6-7(11-4-10-6)13-8(9)12-5/h4H,2-3H2,1H3,(H3,9,10,11,12,13). The van der Waals surface area contributed by atoms with Gasteiger partial charge < -0.3 is 10.7 Å². The van der Waals surface area contributed by atoms with Gasteiger partial charge in [0.05, 0.1) is 12.0 Å². The van der Waals surface area contributed by atoms with Crippen molar-refractivity contribution < 1.29 is 0 Å². The smallest absolute Gasteiger partial charge is 0.222 e. The molecule has 5 heteroatoms. The minimum atomic E-state index is 0.294. The van der Waals surface area contributed by atoms with Crippen LogP contribution in [0.5, 0.6) is 0 Å². The van der Waals surface area contributed by atoms with E-state index in [0.717, 1.165) is 24.1 Å². The van der Waals surface area contributed by atoms with E-state index in [0.29, 0.717) is 11.6 Å². The van der Waals surface area contributed by atoms with Crippen LogP contribution in [0.25, 0.3) is 11.2 Å². The number of aromatic nitrogens is 4. The molecule has 0 spiro atoms. The third-order valence-electron chi connectivity index (χ3n) is 1.86. The van der Waals surface area contributed by atoms with E-state index in [2.05, 4.69) is 26.9 Å². The highest BCUT2D eigenvalue weighted by atomic mass is 15.1. The third-order valence-corrected chi connectivity index (χ3v) is 1.86. The first-order valence-electron chi connectivity index (χ1n) is 4.26. The lowest BCUT2D eigenvalue weighted by Crippen LogP contribution is -2.00. The van der Waals surface area contributed by atoms with Crippen LogP contribution < -0.4 is 5.73 Å². The molecule has 2 heterocycles. The average molecular weight is 177 g/mol. The summed E-state index contributed by atoms with van der Waals surface area (Å²) in [6, 6.07) is 0. The maximum atomic E-state index is 5.54. The maximum absolute atomic E-state index is 5.54. The first-order chi connectivity index (χ1) is 6.31. The number of nitrogens with one attached hydrogen (secondary N) is 1. The van der Waals surface area contributed by atoms with Crippen LogP contribution in [0.2, 0.25) is 0 Å². The summed E-state index contributed by atoms with van der Waals surface area (Å²) in [6.45, 7) is 2.10. The molecule has 0 radical (unpaired) electrons. The van der Waals surface area contributed by atoms with Crippen LogP contribution in [0.15, 0.2) is 6.33 Å². The van der Waals surface area contributed by atoms with Gasteiger partial charge in [-0.15, -0.1) is 0 Å². The second-order valence-electron chi connectivity index (χ2n) is 2.88. The molecule has 0 aromatic carbocycles. The lowest BCUT2D eigenvalue weighted by Gasteiger charge is -1.99. The zero-order valence-electron chi connectivity index (χ0n) is 7.41. The van der Waals surface area contributed by atoms with Crippen molar-refractivity contribution in [3.8, 4) is 0 Å². The number of anilines is 1. The molecule has 68 valence electrons. The maximum Gasteiger partial charge on any atom is 0.222 e. The topological polar surface area (TPSA) is 80.5 Å². The van der Waals surface area contributed by atoms with E-state index in [4.69, 9.17) is 5.73 Å². The Balaban J connectivity index is 2.63. The van der Waals surface area contributed by atoms with Gasteiger partial charge in [0.1, 0.15) is 5.52 Å². The highest BCUT2D eigenvalue weighted by Gasteiger charge is 2.06. The molecule has 0 atom stereocenters. The second kappa shape index (κ2) is 3.01. The monoisotopic (exact) mass is 177 g/mol. The van der Waals surface area contributed by atoms with Gasteiger partial charge in [-0.25, -0.2) is 9.97 Å². The van der Waals surface area contributed by atoms with E-state index in [1.807, 2.05) is 0 Å². The number of H-pyrrole nitrogens is 1. The number of nitrogen functional groups attached to an aromatic ring is 1. The summed E-state index contributed by atoms with van der Waals surface area (Å²) in [4.78, 5) is 15.2. The normalized spacial score (nSPS) is 10.8. The summed E-state index contributed by atoms with van der Waals surface area (Å²) in [5.74, 6) is 0.294. The van der Waals surface area contributed by atoms with Crippen molar-refractivity contribution in [2.75, 3.05) is 5.73 Å². The van der Waals surface area contributed by atoms with Crippen molar-refractivity contribution in [2.45, 2.75) is 19.8 Å². The molecule has 0 amide bonds. The summed E-state index contributed by atoms with van der Waals surface area (Å²) >= 11 is 0. The molecule has 0 aliphatic carbocycles. The van der Waals surface area contributed by atoms with Crippen molar-refractivity contribution in [3.05, 3.63) is 12.0 Å². The number of hydrogen-bond donors (Lipinski definition) is 2. The van der Waals surface area contributed by atoms with Gasteiger partial charge in [-0.05, 0) is 6.42 Å². The van der Waals surface area contributed by atoms with Crippen LogP contribution in [0.3, 0.4) is 0 Å². The van der Waals surface area contributed by atoms with E-state index >= 15 is 0 Å². The Bertz CT molecular complexity index is 419. The van der Waals surface area contributed by atoms with Crippen LogP contribution in [0.1, 0.15) is 19.0 Å². The summed E-state index contributed by atoms with van der Waals surface area (Å²) in [7, 11) is 0. The Morgan fingerprint density at radius 1 is 1.46 bits per heavy atom. The molecule has 2 aromatic heterocycles. The lowest BCUT2D eigenvalue weighted by molar-refractivity contribution is 0.887. The van der Waals surface area contributed by atoms with Crippen LogP contribution in [-0.4, -0.2) is 19.9 Å². The molecule has 2 rings (SSSR count). The summed E-state index contributed by atoms with van der Waals surface area (Å²) in [6.07, 6.45) is 3.54. The molecule has 0 aliphatic rings. The van der Waals surface area contributed by atoms with Gasteiger partial charge >= 0.3 is 0 Å². The van der Waals surface area contributed by atoms with E-state index in [1.54, 1.807) is 6.33 Å². The minimum Gasteiger partial charge on any atom is -0.368 e. The molecule has 0 bridgehead atoms. The van der Waals surface area contributed by atoms with Crippen molar-refractivity contribution >= 4 is 17.1 Å². The van der Waals surface area contributed by atoms with Crippen LogP contribution in [-0.2, 0) is 6.42 Å². The molecule has 0 fully saturated rings. The fourth-order valence-electron chi connectivity index (χ4n) is 1.33. The molecule has 13 heavy (non-hydrogen) atoms. The highest BCUT2D eigenvalue weighted by Crippen LogP contribution is 2.13. The number of aryl methyl sites for hydroxylation is 1. The Morgan fingerprint density at radius 2 is 2.31 bits per heavy atom. The number of rotatable bonds is 2. The minimum absolute atomic E-state index is 0.294. The quantitative estimate of drug-likeness (QED) is 0.713. The van der Waals surface area contributed by atoms with E-state index < -0.39 is 0 Å². The largest absolute Gasteiger partial charge is 0.368 e. The Labute approximate surface area is 75.4 Å². The van der Waals surface area contributed by atoms with E-state index in [1.165, 1.54) is 0 Å². The Kier molecular flexibility index (Phi) is 1.84. The third kappa shape index (κ3) is 1.32. The van der Waals surface area contributed by atoms with Crippen molar-refractivity contribution in [3.63, 3.8) is 0 Å². The predicted molar refractivity (Wildman–Crippen MR) is 50.1 cm³/mol. The van der Waals surface area contributed by atoms with Gasteiger partial charge in [-0.1, -0.05) is 13.3 Å². The molecule has 0 aliphatic heterocycles. The molecular weight excluding hydrogens is 166 g/mol. The van der Waals surface area contributed by atoms with Gasteiger partial charge in [-0.2, -0.15) is 4.98 Å².